The van der Waals surface area contributed by atoms with E-state index in [-0.39, 0.29) is 11.2 Å². The van der Waals surface area contributed by atoms with Crippen LogP contribution in [-0.2, 0) is 9.47 Å². The van der Waals surface area contributed by atoms with Crippen LogP contribution in [-0.4, -0.2) is 19.5 Å². The third kappa shape index (κ3) is 1.51. The lowest BCUT2D eigenvalue weighted by Crippen LogP contribution is -2.58. The second kappa shape index (κ2) is 4.55. The van der Waals surface area contributed by atoms with Crippen molar-refractivity contribution in [2.24, 2.45) is 34.0 Å². The molecule has 2 nitrogen and oxygen atoms in total. The van der Waals surface area contributed by atoms with Crippen molar-refractivity contribution >= 4 is 0 Å². The zero-order chi connectivity index (χ0) is 15.9. The first-order valence-electron chi connectivity index (χ1n) is 10.2. The lowest BCUT2D eigenvalue weighted by Gasteiger charge is -2.63. The predicted octanol–water partition coefficient (Wildman–Crippen LogP) is 5.16. The number of fused-ring (bicyclic) bond motifs is 3. The van der Waals surface area contributed by atoms with Crippen LogP contribution in [0.1, 0.15) is 78.1 Å². The van der Waals surface area contributed by atoms with Crippen LogP contribution in [0.15, 0.2) is 0 Å². The summed E-state index contributed by atoms with van der Waals surface area (Å²) in [6, 6.07) is 0. The van der Waals surface area contributed by atoms with Crippen molar-refractivity contribution in [1.82, 2.24) is 0 Å². The van der Waals surface area contributed by atoms with E-state index in [2.05, 4.69) is 13.8 Å². The van der Waals surface area contributed by atoms with Crippen molar-refractivity contribution < 1.29 is 9.47 Å². The molecule has 0 radical (unpaired) electrons. The molecule has 4 saturated carbocycles. The van der Waals surface area contributed by atoms with Gasteiger partial charge < -0.3 is 9.47 Å². The lowest BCUT2D eigenvalue weighted by atomic mass is 9.41. The standard InChI is InChI=1S/C21H34O2/c1-18-10-5-4-6-15(18)7-8-17-16(18)9-11-19(2)20(17)12-13-21(19,22-3)23-14-20/h15-17H,4-14H2,1-3H3/t15-,16?,17?,18+,19+,20-,21-/m1/s1. The van der Waals surface area contributed by atoms with E-state index >= 15 is 0 Å². The molecule has 1 aliphatic heterocycles. The topological polar surface area (TPSA) is 18.5 Å². The molecule has 130 valence electrons. The molecular weight excluding hydrogens is 284 g/mol. The van der Waals surface area contributed by atoms with Gasteiger partial charge in [-0.3, -0.25) is 0 Å². The second-order valence-corrected chi connectivity index (χ2v) is 10.0. The van der Waals surface area contributed by atoms with Crippen molar-refractivity contribution in [2.45, 2.75) is 83.8 Å². The van der Waals surface area contributed by atoms with Crippen molar-refractivity contribution in [1.29, 1.82) is 0 Å². The Kier molecular flexibility index (Phi) is 3.01. The van der Waals surface area contributed by atoms with Crippen molar-refractivity contribution in [3.8, 4) is 0 Å². The minimum Gasteiger partial charge on any atom is -0.353 e. The Bertz CT molecular complexity index is 506. The van der Waals surface area contributed by atoms with Crippen LogP contribution >= 0.6 is 0 Å². The zero-order valence-electron chi connectivity index (χ0n) is 15.3. The van der Waals surface area contributed by atoms with Crippen LogP contribution in [0.4, 0.5) is 0 Å². The summed E-state index contributed by atoms with van der Waals surface area (Å²) < 4.78 is 12.5. The molecular formula is C21H34O2. The molecule has 7 atom stereocenters. The van der Waals surface area contributed by atoms with Crippen molar-refractivity contribution in [3.05, 3.63) is 0 Å². The SMILES string of the molecule is CO[C@]12CC[C@@]3(CO1)C1CC[C@H]4CCCC[C@]4(C)C1CC[C@]23C. The quantitative estimate of drug-likeness (QED) is 0.664. The molecule has 23 heavy (non-hydrogen) atoms. The van der Waals surface area contributed by atoms with Gasteiger partial charge in [-0.1, -0.05) is 26.7 Å². The number of hydrogen-bond acceptors (Lipinski definition) is 2. The lowest BCUT2D eigenvalue weighted by molar-refractivity contribution is -0.244. The van der Waals surface area contributed by atoms with Gasteiger partial charge in [0, 0.05) is 24.4 Å². The zero-order valence-corrected chi connectivity index (χ0v) is 15.3. The maximum Gasteiger partial charge on any atom is 0.173 e. The highest BCUT2D eigenvalue weighted by atomic mass is 16.7. The Hall–Kier alpha value is -0.0800. The molecule has 4 aliphatic carbocycles. The number of rotatable bonds is 1. The van der Waals surface area contributed by atoms with Gasteiger partial charge in [-0.15, -0.1) is 0 Å². The molecule has 0 spiro atoms. The molecule has 5 aliphatic rings. The largest absolute Gasteiger partial charge is 0.353 e. The maximum atomic E-state index is 6.43. The van der Waals surface area contributed by atoms with Gasteiger partial charge in [0.2, 0.25) is 0 Å². The van der Waals surface area contributed by atoms with Crippen LogP contribution in [0.3, 0.4) is 0 Å². The van der Waals surface area contributed by atoms with Gasteiger partial charge in [-0.2, -0.15) is 0 Å². The Labute approximate surface area is 141 Å². The molecule has 5 fully saturated rings. The van der Waals surface area contributed by atoms with Gasteiger partial charge >= 0.3 is 0 Å². The fourth-order valence-electron chi connectivity index (χ4n) is 8.62. The van der Waals surface area contributed by atoms with Crippen LogP contribution in [0.5, 0.6) is 0 Å². The monoisotopic (exact) mass is 318 g/mol. The summed E-state index contributed by atoms with van der Waals surface area (Å²) in [5.41, 5.74) is 1.29. The number of hydrogen-bond donors (Lipinski definition) is 0. The van der Waals surface area contributed by atoms with Gasteiger partial charge in [0.05, 0.1) is 6.61 Å². The van der Waals surface area contributed by atoms with Crippen molar-refractivity contribution in [3.63, 3.8) is 0 Å². The van der Waals surface area contributed by atoms with Crippen LogP contribution < -0.4 is 0 Å². The first kappa shape index (κ1) is 15.2. The molecule has 1 saturated heterocycles. The minimum atomic E-state index is -0.262. The number of ether oxygens (including phenoxy) is 2. The fraction of sp³-hybridized carbons (Fsp3) is 1.00. The van der Waals surface area contributed by atoms with Crippen molar-refractivity contribution in [2.75, 3.05) is 13.7 Å². The van der Waals surface area contributed by atoms with E-state index in [0.717, 1.165) is 30.8 Å². The highest BCUT2D eigenvalue weighted by molar-refractivity contribution is 5.21. The smallest absolute Gasteiger partial charge is 0.173 e. The average molecular weight is 319 g/mol. The fourth-order valence-corrected chi connectivity index (χ4v) is 8.62. The average Bonchev–Trinajstić information content (AvgIpc) is 2.98. The van der Waals surface area contributed by atoms with Crippen LogP contribution in [0, 0.1) is 34.0 Å². The Morgan fingerprint density at radius 3 is 2.48 bits per heavy atom. The molecule has 0 amide bonds. The summed E-state index contributed by atoms with van der Waals surface area (Å²) in [4.78, 5) is 0. The Morgan fingerprint density at radius 2 is 1.74 bits per heavy atom. The highest BCUT2D eigenvalue weighted by Gasteiger charge is 2.76. The molecule has 5 rings (SSSR count). The van der Waals surface area contributed by atoms with Gasteiger partial charge in [-0.25, -0.2) is 0 Å². The van der Waals surface area contributed by atoms with E-state index in [1.807, 2.05) is 7.11 Å². The molecule has 0 N–H and O–H groups in total. The van der Waals surface area contributed by atoms with E-state index < -0.39 is 0 Å². The van der Waals surface area contributed by atoms with E-state index in [1.54, 1.807) is 0 Å². The number of methoxy groups -OCH3 is 1. The molecule has 0 aromatic rings. The third-order valence-corrected chi connectivity index (χ3v) is 10.0. The van der Waals surface area contributed by atoms with E-state index in [9.17, 15) is 0 Å². The third-order valence-electron chi connectivity index (χ3n) is 10.0. The van der Waals surface area contributed by atoms with Gasteiger partial charge in [0.25, 0.3) is 0 Å². The molecule has 2 bridgehead atoms. The van der Waals surface area contributed by atoms with E-state index in [0.29, 0.717) is 10.8 Å². The van der Waals surface area contributed by atoms with E-state index in [1.165, 1.54) is 57.8 Å². The summed E-state index contributed by atoms with van der Waals surface area (Å²) in [7, 11) is 1.89. The molecule has 0 aromatic heterocycles. The molecule has 2 unspecified atom stereocenters. The van der Waals surface area contributed by atoms with Gasteiger partial charge in [0.15, 0.2) is 5.79 Å². The molecule has 2 heteroatoms. The van der Waals surface area contributed by atoms with E-state index in [4.69, 9.17) is 9.47 Å². The summed E-state index contributed by atoms with van der Waals surface area (Å²) in [5.74, 6) is 2.58. The highest BCUT2D eigenvalue weighted by Crippen LogP contribution is 2.77. The van der Waals surface area contributed by atoms with Crippen LogP contribution in [0.2, 0.25) is 0 Å². The molecule has 0 aromatic carbocycles. The summed E-state index contributed by atoms with van der Waals surface area (Å²) in [6.07, 6.45) is 14.1. The molecule has 1 heterocycles. The Balaban J connectivity index is 1.56. The van der Waals surface area contributed by atoms with Gasteiger partial charge in [-0.05, 0) is 68.1 Å². The normalized spacial score (nSPS) is 60.9. The summed E-state index contributed by atoms with van der Waals surface area (Å²) in [6.45, 7) is 6.16. The first-order valence-corrected chi connectivity index (χ1v) is 10.2. The van der Waals surface area contributed by atoms with Gasteiger partial charge in [0.1, 0.15) is 0 Å². The van der Waals surface area contributed by atoms with Crippen LogP contribution in [0.25, 0.3) is 0 Å². The maximum absolute atomic E-state index is 6.43. The summed E-state index contributed by atoms with van der Waals surface area (Å²) >= 11 is 0. The second-order valence-electron chi connectivity index (χ2n) is 10.0. The predicted molar refractivity (Wildman–Crippen MR) is 91.0 cm³/mol. The minimum absolute atomic E-state index is 0.258. The first-order chi connectivity index (χ1) is 11.0. The Morgan fingerprint density at radius 1 is 0.870 bits per heavy atom. The summed E-state index contributed by atoms with van der Waals surface area (Å²) in [5, 5.41) is 0.